The van der Waals surface area contributed by atoms with Gasteiger partial charge in [0.2, 0.25) is 11.8 Å². The number of amides is 1. The number of pyridine rings is 1. The summed E-state index contributed by atoms with van der Waals surface area (Å²) in [5.41, 5.74) is 0.822. The van der Waals surface area contributed by atoms with Crippen molar-refractivity contribution in [3.05, 3.63) is 18.3 Å². The zero-order chi connectivity index (χ0) is 10.8. The lowest BCUT2D eigenvalue weighted by Crippen LogP contribution is -2.27. The Labute approximate surface area is 96.4 Å². The number of rotatable bonds is 2. The molecule has 1 atom stereocenters. The lowest BCUT2D eigenvalue weighted by atomic mass is 10.4. The van der Waals surface area contributed by atoms with E-state index in [1.807, 2.05) is 6.07 Å². The second kappa shape index (κ2) is 4.18. The van der Waals surface area contributed by atoms with E-state index >= 15 is 0 Å². The number of methoxy groups -OCH3 is 1. The Morgan fingerprint density at radius 2 is 2.40 bits per heavy atom. The predicted octanol–water partition coefficient (Wildman–Crippen LogP) is 1.59. The van der Waals surface area contributed by atoms with Crippen molar-refractivity contribution in [3.63, 3.8) is 0 Å². The smallest absolute Gasteiger partial charge is 0.240 e. The van der Waals surface area contributed by atoms with Crippen molar-refractivity contribution in [2.24, 2.45) is 0 Å². The third kappa shape index (κ3) is 1.97. The lowest BCUT2D eigenvalue weighted by Gasteiger charge is -2.15. The molecule has 0 aliphatic carbocycles. The first-order valence-electron chi connectivity index (χ1n) is 4.68. The van der Waals surface area contributed by atoms with Crippen LogP contribution in [0.3, 0.4) is 0 Å². The van der Waals surface area contributed by atoms with E-state index in [0.29, 0.717) is 5.88 Å². The highest BCUT2D eigenvalue weighted by Crippen LogP contribution is 2.25. The maximum absolute atomic E-state index is 11.7. The van der Waals surface area contributed by atoms with Crippen molar-refractivity contribution in [2.45, 2.75) is 11.2 Å². The molecule has 0 aromatic carbocycles. The van der Waals surface area contributed by atoms with Crippen LogP contribution in [0.25, 0.3) is 0 Å². The van der Waals surface area contributed by atoms with Gasteiger partial charge in [0.05, 0.1) is 23.8 Å². The number of halogens is 1. The van der Waals surface area contributed by atoms with E-state index in [2.05, 4.69) is 20.9 Å². The largest absolute Gasteiger partial charge is 0.481 e. The van der Waals surface area contributed by atoms with Gasteiger partial charge in [0.15, 0.2) is 0 Å². The van der Waals surface area contributed by atoms with Crippen LogP contribution < -0.4 is 9.64 Å². The van der Waals surface area contributed by atoms with Gasteiger partial charge >= 0.3 is 0 Å². The molecule has 1 aliphatic heterocycles. The second-order valence-corrected chi connectivity index (χ2v) is 4.41. The molecule has 1 aliphatic rings. The molecule has 2 heterocycles. The van der Waals surface area contributed by atoms with E-state index in [1.54, 1.807) is 24.3 Å². The third-order valence-electron chi connectivity index (χ3n) is 2.38. The molecule has 0 spiro atoms. The quantitative estimate of drug-likeness (QED) is 0.767. The van der Waals surface area contributed by atoms with E-state index in [1.165, 1.54) is 0 Å². The SMILES string of the molecule is COc1ccc(N2CCC(Br)C2=O)cn1. The van der Waals surface area contributed by atoms with Crippen LogP contribution in [0.1, 0.15) is 6.42 Å². The fraction of sp³-hybridized carbons (Fsp3) is 0.400. The van der Waals surface area contributed by atoms with Crippen LogP contribution in [0.4, 0.5) is 5.69 Å². The van der Waals surface area contributed by atoms with Crippen molar-refractivity contribution >= 4 is 27.5 Å². The summed E-state index contributed by atoms with van der Waals surface area (Å²) in [7, 11) is 1.57. The summed E-state index contributed by atoms with van der Waals surface area (Å²) in [5.74, 6) is 0.655. The Bertz CT molecular complexity index is 366. The summed E-state index contributed by atoms with van der Waals surface area (Å²) < 4.78 is 4.96. The van der Waals surface area contributed by atoms with Crippen molar-refractivity contribution in [1.82, 2.24) is 4.98 Å². The number of aromatic nitrogens is 1. The number of ether oxygens (including phenoxy) is 1. The Kier molecular flexibility index (Phi) is 2.90. The van der Waals surface area contributed by atoms with Gasteiger partial charge in [0.25, 0.3) is 0 Å². The topological polar surface area (TPSA) is 42.4 Å². The standard InChI is InChI=1S/C10H11BrN2O2/c1-15-9-3-2-7(6-12-9)13-5-4-8(11)10(13)14/h2-3,6,8H,4-5H2,1H3. The van der Waals surface area contributed by atoms with Crippen molar-refractivity contribution < 1.29 is 9.53 Å². The minimum atomic E-state index is -0.0559. The molecule has 80 valence electrons. The van der Waals surface area contributed by atoms with Gasteiger partial charge in [-0.2, -0.15) is 0 Å². The number of alkyl halides is 1. The summed E-state index contributed by atoms with van der Waals surface area (Å²) in [6.07, 6.45) is 2.49. The van der Waals surface area contributed by atoms with Crippen LogP contribution >= 0.6 is 15.9 Å². The average Bonchev–Trinajstić information content (AvgIpc) is 2.60. The molecule has 0 saturated carbocycles. The van der Waals surface area contributed by atoms with E-state index in [4.69, 9.17) is 4.74 Å². The third-order valence-corrected chi connectivity index (χ3v) is 3.23. The molecule has 15 heavy (non-hydrogen) atoms. The van der Waals surface area contributed by atoms with Gasteiger partial charge in [-0.15, -0.1) is 0 Å². The predicted molar refractivity (Wildman–Crippen MR) is 60.5 cm³/mol. The molecule has 1 aromatic heterocycles. The molecule has 1 unspecified atom stereocenters. The van der Waals surface area contributed by atoms with Crippen molar-refractivity contribution in [2.75, 3.05) is 18.6 Å². The molecule has 1 aromatic rings. The van der Waals surface area contributed by atoms with E-state index in [9.17, 15) is 4.79 Å². The van der Waals surface area contributed by atoms with Crippen molar-refractivity contribution in [1.29, 1.82) is 0 Å². The number of carbonyl (C=O) groups is 1. The zero-order valence-electron chi connectivity index (χ0n) is 8.31. The summed E-state index contributed by atoms with van der Waals surface area (Å²) in [6.45, 7) is 0.739. The van der Waals surface area contributed by atoms with Crippen molar-refractivity contribution in [3.8, 4) is 5.88 Å². The first-order valence-corrected chi connectivity index (χ1v) is 5.59. The van der Waals surface area contributed by atoms with Crippen LogP contribution in [0.5, 0.6) is 5.88 Å². The van der Waals surface area contributed by atoms with Crippen LogP contribution in [0.15, 0.2) is 18.3 Å². The monoisotopic (exact) mass is 270 g/mol. The molecule has 4 nitrogen and oxygen atoms in total. The van der Waals surface area contributed by atoms with E-state index < -0.39 is 0 Å². The fourth-order valence-corrected chi connectivity index (χ4v) is 2.01. The molecule has 0 N–H and O–H groups in total. The average molecular weight is 271 g/mol. The first-order chi connectivity index (χ1) is 7.22. The summed E-state index contributed by atoms with van der Waals surface area (Å²) in [5, 5.41) is 0. The highest BCUT2D eigenvalue weighted by atomic mass is 79.9. The van der Waals surface area contributed by atoms with Gasteiger partial charge in [0.1, 0.15) is 0 Å². The van der Waals surface area contributed by atoms with Gasteiger partial charge < -0.3 is 9.64 Å². The number of hydrogen-bond acceptors (Lipinski definition) is 3. The Morgan fingerprint density at radius 1 is 1.60 bits per heavy atom. The molecular formula is C10H11BrN2O2. The highest BCUT2D eigenvalue weighted by molar-refractivity contribution is 9.10. The molecule has 1 saturated heterocycles. The molecule has 0 bridgehead atoms. The Balaban J connectivity index is 2.19. The molecule has 1 amide bonds. The normalized spacial score (nSPS) is 20.8. The highest BCUT2D eigenvalue weighted by Gasteiger charge is 2.30. The molecule has 5 heteroatoms. The lowest BCUT2D eigenvalue weighted by molar-refractivity contribution is -0.116. The number of carbonyl (C=O) groups excluding carboxylic acids is 1. The van der Waals surface area contributed by atoms with Crippen LogP contribution in [-0.2, 0) is 4.79 Å². The number of nitrogens with zero attached hydrogens (tertiary/aromatic N) is 2. The van der Waals surface area contributed by atoms with Gasteiger partial charge in [-0.25, -0.2) is 4.98 Å². The van der Waals surface area contributed by atoms with Crippen LogP contribution in [0, 0.1) is 0 Å². The fourth-order valence-electron chi connectivity index (χ4n) is 1.55. The van der Waals surface area contributed by atoms with Gasteiger partial charge in [-0.1, -0.05) is 15.9 Å². The van der Waals surface area contributed by atoms with Gasteiger partial charge in [-0.3, -0.25) is 4.79 Å². The summed E-state index contributed by atoms with van der Waals surface area (Å²) >= 11 is 3.33. The number of hydrogen-bond donors (Lipinski definition) is 0. The zero-order valence-corrected chi connectivity index (χ0v) is 9.90. The summed E-state index contributed by atoms with van der Waals surface area (Å²) in [6, 6.07) is 3.60. The molecule has 2 rings (SSSR count). The van der Waals surface area contributed by atoms with Crippen LogP contribution in [0.2, 0.25) is 0 Å². The maximum Gasteiger partial charge on any atom is 0.240 e. The Morgan fingerprint density at radius 3 is 2.87 bits per heavy atom. The first kappa shape index (κ1) is 10.4. The maximum atomic E-state index is 11.7. The Hall–Kier alpha value is -1.10. The summed E-state index contributed by atoms with van der Waals surface area (Å²) in [4.78, 5) is 17.4. The number of anilines is 1. The molecule has 0 radical (unpaired) electrons. The minimum absolute atomic E-state index is 0.0559. The van der Waals surface area contributed by atoms with Gasteiger partial charge in [-0.05, 0) is 12.5 Å². The van der Waals surface area contributed by atoms with Gasteiger partial charge in [0, 0.05) is 12.6 Å². The van der Waals surface area contributed by atoms with E-state index in [0.717, 1.165) is 18.7 Å². The van der Waals surface area contributed by atoms with Crippen LogP contribution in [-0.4, -0.2) is 29.4 Å². The van der Waals surface area contributed by atoms with E-state index in [-0.39, 0.29) is 10.7 Å². The molecule has 1 fully saturated rings. The second-order valence-electron chi connectivity index (χ2n) is 3.30. The minimum Gasteiger partial charge on any atom is -0.481 e. The molecular weight excluding hydrogens is 260 g/mol.